The average molecular weight is 68.9 g/mol. The molecule has 0 rings (SSSR count). The van der Waals surface area contributed by atoms with Crippen LogP contribution < -0.4 is 5.84 Å². The van der Waals surface area contributed by atoms with Crippen molar-refractivity contribution < 1.29 is 0 Å². The molecule has 0 aliphatic carbocycles. The molecule has 0 amide bonds. The predicted molar refractivity (Wildman–Crippen MR) is 17.2 cm³/mol. The van der Waals surface area contributed by atoms with E-state index < -0.39 is 0 Å². The van der Waals surface area contributed by atoms with Gasteiger partial charge in [-0.2, -0.15) is 0 Å². The standard InChI is InChI=1S/BH2N4/c1-3-5-4-2/h(H2,2,5). The first-order valence-electron chi connectivity index (χ1n) is 0.916. The molecule has 2 N–H and O–H groups in total. The first-order chi connectivity index (χ1) is 2.41. The first-order valence-corrected chi connectivity index (χ1v) is 0.916. The molecule has 5 heteroatoms. The van der Waals surface area contributed by atoms with E-state index in [4.69, 9.17) is 0 Å². The van der Waals surface area contributed by atoms with Gasteiger partial charge < -0.3 is 0 Å². The fourth-order valence-electron chi connectivity index (χ4n) is 0.0298. The summed E-state index contributed by atoms with van der Waals surface area (Å²) in [4.78, 5) is 0. The molecule has 0 aromatic carbocycles. The summed E-state index contributed by atoms with van der Waals surface area (Å²) in [5.74, 6) is 4.42. The van der Waals surface area contributed by atoms with Crippen molar-refractivity contribution in [1.29, 1.82) is 0 Å². The van der Waals surface area contributed by atoms with Crippen LogP contribution in [0.3, 0.4) is 0 Å². The fraction of sp³-hybridized carbons (Fsp3) is 0. The van der Waals surface area contributed by atoms with Gasteiger partial charge in [-0.1, -0.05) is 0 Å². The summed E-state index contributed by atoms with van der Waals surface area (Å²) < 4.78 is 0. The Labute approximate surface area is 30.2 Å². The van der Waals surface area contributed by atoms with Crippen molar-refractivity contribution in [1.82, 2.24) is 0 Å². The Morgan fingerprint density at radius 1 is 1.60 bits per heavy atom. The van der Waals surface area contributed by atoms with Crippen LogP contribution in [0.2, 0.25) is 0 Å². The number of nitrogens with zero attached hydrogens (tertiary/aromatic N) is 3. The zero-order chi connectivity index (χ0) is 4.12. The van der Waals surface area contributed by atoms with Crippen LogP contribution in [0.5, 0.6) is 0 Å². The van der Waals surface area contributed by atoms with Gasteiger partial charge in [-0.15, -0.1) is 0 Å². The van der Waals surface area contributed by atoms with E-state index in [9.17, 15) is 0 Å². The molecule has 0 aliphatic heterocycles. The van der Waals surface area contributed by atoms with Gasteiger partial charge in [0.05, 0.1) is 0 Å². The summed E-state index contributed by atoms with van der Waals surface area (Å²) in [5.41, 5.74) is 0. The van der Waals surface area contributed by atoms with Crippen LogP contribution in [0.1, 0.15) is 0 Å². The predicted octanol–water partition coefficient (Wildman–Crippen LogP) is -0.421. The second-order valence-corrected chi connectivity index (χ2v) is 0.320. The van der Waals surface area contributed by atoms with Crippen LogP contribution >= 0.6 is 0 Å². The van der Waals surface area contributed by atoms with Crippen molar-refractivity contribution in [3.05, 3.63) is 0 Å². The van der Waals surface area contributed by atoms with E-state index in [1.54, 1.807) is 0 Å². The van der Waals surface area contributed by atoms with Crippen molar-refractivity contribution in [2.24, 2.45) is 21.3 Å². The van der Waals surface area contributed by atoms with Gasteiger partial charge in [0.25, 0.3) is 0 Å². The van der Waals surface area contributed by atoms with E-state index in [1.165, 1.54) is 0 Å². The third-order valence-corrected chi connectivity index (χ3v) is 0.103. The van der Waals surface area contributed by atoms with Crippen molar-refractivity contribution in [2.45, 2.75) is 0 Å². The molecular formula is H2BN4. The second kappa shape index (κ2) is 3.26. The quantitative estimate of drug-likeness (QED) is 0.193. The molecule has 0 unspecified atom stereocenters. The summed E-state index contributed by atoms with van der Waals surface area (Å²) >= 11 is 0. The van der Waals surface area contributed by atoms with E-state index in [0.717, 1.165) is 0 Å². The summed E-state index contributed by atoms with van der Waals surface area (Å²) in [6.45, 7) is 0. The van der Waals surface area contributed by atoms with Crippen LogP contribution in [0.25, 0.3) is 0 Å². The van der Waals surface area contributed by atoms with Gasteiger partial charge in [-0.25, -0.2) is 0 Å². The van der Waals surface area contributed by atoms with E-state index in [1.807, 2.05) is 0 Å². The Kier molecular flexibility index (Phi) is 2.78. The van der Waals surface area contributed by atoms with Crippen LogP contribution in [-0.2, 0) is 0 Å². The van der Waals surface area contributed by atoms with Gasteiger partial charge in [0.2, 0.25) is 0 Å². The average Bonchev–Trinajstić information content (AvgIpc) is 1.41. The minimum atomic E-state index is 2.69. The summed E-state index contributed by atoms with van der Waals surface area (Å²) in [7, 11) is 4.42. The number of rotatable bonds is 1. The summed E-state index contributed by atoms with van der Waals surface area (Å²) in [6.07, 6.45) is 0. The van der Waals surface area contributed by atoms with Gasteiger partial charge in [-0.3, -0.25) is 0 Å². The SMILES string of the molecule is [B]=N/N=N/N. The Hall–Kier alpha value is -0.735. The van der Waals surface area contributed by atoms with E-state index in [0.29, 0.717) is 0 Å². The Morgan fingerprint density at radius 2 is 2.20 bits per heavy atom. The van der Waals surface area contributed by atoms with Gasteiger partial charge in [0.15, 0.2) is 0 Å². The van der Waals surface area contributed by atoms with Crippen molar-refractivity contribution in [3.8, 4) is 0 Å². The molecule has 25 valence electrons. The van der Waals surface area contributed by atoms with Crippen LogP contribution in [0, 0.1) is 0 Å². The van der Waals surface area contributed by atoms with E-state index in [-0.39, 0.29) is 0 Å². The third kappa shape index (κ3) is 3.26. The maximum absolute atomic E-state index is 4.42. The summed E-state index contributed by atoms with van der Waals surface area (Å²) in [6, 6.07) is 0. The Bertz CT molecular complexity index is 45.6. The van der Waals surface area contributed by atoms with Gasteiger partial charge in [-0.05, 0) is 0 Å². The normalized spacial score (nSPS) is 8.60. The summed E-state index contributed by atoms with van der Waals surface area (Å²) in [5, 5.41) is 8.15. The Balaban J connectivity index is 2.92. The molecule has 4 nitrogen and oxygen atoms in total. The number of hydrogen-bond donors (Lipinski definition) is 1. The zero-order valence-corrected chi connectivity index (χ0v) is 2.50. The fourth-order valence-corrected chi connectivity index (χ4v) is 0.0298. The molecule has 0 atom stereocenters. The monoisotopic (exact) mass is 69.0 g/mol. The molecule has 0 fully saturated rings. The molecule has 1 radical (unpaired) electrons. The minimum absolute atomic E-state index is 2.69. The van der Waals surface area contributed by atoms with Crippen molar-refractivity contribution >= 4 is 7.64 Å². The van der Waals surface area contributed by atoms with Crippen LogP contribution in [-0.4, -0.2) is 7.64 Å². The number of nitrogens with two attached hydrogens (primary N) is 1. The maximum atomic E-state index is 4.42. The molecule has 5 heavy (non-hydrogen) atoms. The Morgan fingerprint density at radius 3 is 2.20 bits per heavy atom. The van der Waals surface area contributed by atoms with Gasteiger partial charge in [0.1, 0.15) is 0 Å². The van der Waals surface area contributed by atoms with E-state index >= 15 is 0 Å². The topological polar surface area (TPSA) is 63.1 Å². The van der Waals surface area contributed by atoms with E-state index in [2.05, 4.69) is 28.9 Å². The van der Waals surface area contributed by atoms with Crippen molar-refractivity contribution in [3.63, 3.8) is 0 Å². The third-order valence-electron chi connectivity index (χ3n) is 0.103. The molecule has 0 aliphatic rings. The van der Waals surface area contributed by atoms with Gasteiger partial charge >= 0.3 is 28.9 Å². The van der Waals surface area contributed by atoms with Crippen LogP contribution in [0.15, 0.2) is 15.5 Å². The molecule has 0 aromatic heterocycles. The molecule has 0 saturated carbocycles. The second-order valence-electron chi connectivity index (χ2n) is 0.320. The molecule has 0 heterocycles. The number of hydrogen-bond acceptors (Lipinski definition) is 2. The molecule has 0 spiro atoms. The van der Waals surface area contributed by atoms with Crippen molar-refractivity contribution in [2.75, 3.05) is 0 Å². The molecule has 0 aromatic rings. The first kappa shape index (κ1) is 4.26. The van der Waals surface area contributed by atoms with Gasteiger partial charge in [0, 0.05) is 0 Å². The molecule has 0 saturated heterocycles. The zero-order valence-electron chi connectivity index (χ0n) is 2.50. The molecule has 0 bridgehead atoms. The molecular weight excluding hydrogens is 66.8 g/mol. The van der Waals surface area contributed by atoms with Crippen LogP contribution in [0.4, 0.5) is 0 Å².